The van der Waals surface area contributed by atoms with Gasteiger partial charge in [-0.3, -0.25) is 0 Å². The summed E-state index contributed by atoms with van der Waals surface area (Å²) in [6.07, 6.45) is 0.658. The predicted molar refractivity (Wildman–Crippen MR) is 81.1 cm³/mol. The van der Waals surface area contributed by atoms with Crippen LogP contribution in [0.25, 0.3) is 0 Å². The van der Waals surface area contributed by atoms with Gasteiger partial charge in [-0.15, -0.1) is 0 Å². The molecule has 7 heteroatoms. The van der Waals surface area contributed by atoms with Gasteiger partial charge in [0.15, 0.2) is 5.82 Å². The van der Waals surface area contributed by atoms with Crippen LogP contribution in [-0.4, -0.2) is 26.7 Å². The smallest absolute Gasteiger partial charge is 0.223 e. The van der Waals surface area contributed by atoms with E-state index in [1.165, 1.54) is 0 Å². The van der Waals surface area contributed by atoms with Crippen LogP contribution in [0.15, 0.2) is 4.52 Å². The predicted octanol–water partition coefficient (Wildman–Crippen LogP) is 2.01. The Kier molecular flexibility index (Phi) is 4.11. The second kappa shape index (κ2) is 5.67. The highest BCUT2D eigenvalue weighted by Crippen LogP contribution is 2.24. The van der Waals surface area contributed by atoms with E-state index in [1.807, 2.05) is 6.92 Å². The largest absolute Gasteiger partial charge is 0.383 e. The fraction of sp³-hybridized carbons (Fsp3) is 0.571. The summed E-state index contributed by atoms with van der Waals surface area (Å²) in [6, 6.07) is 0. The molecular weight excluding hydrogens is 268 g/mol. The Balaban J connectivity index is 2.10. The number of aryl methyl sites for hydroxylation is 1. The molecule has 0 spiro atoms. The van der Waals surface area contributed by atoms with Crippen LogP contribution in [0.1, 0.15) is 43.9 Å². The average molecular weight is 290 g/mol. The molecule has 2 aromatic heterocycles. The van der Waals surface area contributed by atoms with Crippen molar-refractivity contribution in [3.8, 4) is 0 Å². The summed E-state index contributed by atoms with van der Waals surface area (Å²) in [7, 11) is 0. The van der Waals surface area contributed by atoms with Gasteiger partial charge in [-0.1, -0.05) is 25.9 Å². The molecule has 0 bridgehead atoms. The Morgan fingerprint density at radius 1 is 1.14 bits per heavy atom. The van der Waals surface area contributed by atoms with Gasteiger partial charge >= 0.3 is 0 Å². The molecule has 114 valence electrons. The first-order chi connectivity index (χ1) is 9.77. The fourth-order valence-electron chi connectivity index (χ4n) is 1.78. The van der Waals surface area contributed by atoms with E-state index < -0.39 is 0 Å². The van der Waals surface area contributed by atoms with Gasteiger partial charge in [0.25, 0.3) is 0 Å². The number of nitrogens with one attached hydrogen (secondary N) is 1. The number of hydrogen-bond acceptors (Lipinski definition) is 7. The minimum Gasteiger partial charge on any atom is -0.383 e. The molecule has 0 amide bonds. The first kappa shape index (κ1) is 15.2. The van der Waals surface area contributed by atoms with E-state index in [2.05, 4.69) is 46.2 Å². The van der Waals surface area contributed by atoms with Crippen molar-refractivity contribution < 1.29 is 4.52 Å². The van der Waals surface area contributed by atoms with E-state index in [-0.39, 0.29) is 5.41 Å². The summed E-state index contributed by atoms with van der Waals surface area (Å²) in [5.74, 6) is 3.24. The minimum atomic E-state index is -0.150. The normalized spacial score (nSPS) is 11.7. The van der Waals surface area contributed by atoms with Crippen molar-refractivity contribution in [2.75, 3.05) is 17.6 Å². The van der Waals surface area contributed by atoms with E-state index >= 15 is 0 Å². The lowest BCUT2D eigenvalue weighted by Crippen LogP contribution is -2.20. The Labute approximate surface area is 124 Å². The van der Waals surface area contributed by atoms with Crippen molar-refractivity contribution in [3.63, 3.8) is 0 Å². The molecular formula is C14H22N6O. The minimum absolute atomic E-state index is 0.150. The van der Waals surface area contributed by atoms with Gasteiger partial charge in [0.2, 0.25) is 5.89 Å². The van der Waals surface area contributed by atoms with Gasteiger partial charge in [-0.25, -0.2) is 9.97 Å². The third-order valence-electron chi connectivity index (χ3n) is 3.06. The summed E-state index contributed by atoms with van der Waals surface area (Å²) in [6.45, 7) is 10.5. The Bertz CT molecular complexity index is 629. The molecule has 21 heavy (non-hydrogen) atoms. The maximum absolute atomic E-state index is 5.97. The van der Waals surface area contributed by atoms with Crippen LogP contribution in [0.5, 0.6) is 0 Å². The zero-order valence-corrected chi connectivity index (χ0v) is 13.2. The van der Waals surface area contributed by atoms with Crippen LogP contribution in [0.3, 0.4) is 0 Å². The van der Waals surface area contributed by atoms with Crippen molar-refractivity contribution in [2.24, 2.45) is 0 Å². The van der Waals surface area contributed by atoms with Crippen LogP contribution >= 0.6 is 0 Å². The van der Waals surface area contributed by atoms with E-state index in [4.69, 9.17) is 10.3 Å². The van der Waals surface area contributed by atoms with Crippen molar-refractivity contribution in [3.05, 3.63) is 23.1 Å². The first-order valence-electron chi connectivity index (χ1n) is 6.95. The van der Waals surface area contributed by atoms with Crippen molar-refractivity contribution >= 4 is 11.6 Å². The van der Waals surface area contributed by atoms with Crippen LogP contribution in [0.4, 0.5) is 11.6 Å². The maximum atomic E-state index is 5.97. The average Bonchev–Trinajstić information content (AvgIpc) is 2.79. The van der Waals surface area contributed by atoms with Gasteiger partial charge in [0, 0.05) is 30.9 Å². The van der Waals surface area contributed by atoms with Crippen LogP contribution in [-0.2, 0) is 11.8 Å². The summed E-state index contributed by atoms with van der Waals surface area (Å²) >= 11 is 0. The van der Waals surface area contributed by atoms with E-state index in [9.17, 15) is 0 Å². The highest BCUT2D eigenvalue weighted by Gasteiger charge is 2.20. The summed E-state index contributed by atoms with van der Waals surface area (Å²) in [5, 5.41) is 7.13. The zero-order valence-electron chi connectivity index (χ0n) is 13.2. The molecule has 2 rings (SSSR count). The standard InChI is InChI=1S/C14H22N6O/c1-8-11(15)18-13(14(3,4)5)19-12(8)16-7-6-10-17-9(2)21-20-10/h6-7H2,1-5H3,(H3,15,16,18,19). The maximum Gasteiger partial charge on any atom is 0.223 e. The number of nitrogens with zero attached hydrogens (tertiary/aromatic N) is 4. The van der Waals surface area contributed by atoms with Crippen LogP contribution in [0.2, 0.25) is 0 Å². The molecule has 0 fully saturated rings. The lowest BCUT2D eigenvalue weighted by Gasteiger charge is -2.19. The number of anilines is 2. The molecule has 0 aromatic carbocycles. The molecule has 0 atom stereocenters. The lowest BCUT2D eigenvalue weighted by molar-refractivity contribution is 0.387. The third kappa shape index (κ3) is 3.68. The highest BCUT2D eigenvalue weighted by molar-refractivity contribution is 5.55. The highest BCUT2D eigenvalue weighted by atomic mass is 16.5. The first-order valence-corrected chi connectivity index (χ1v) is 6.95. The molecule has 0 radical (unpaired) electrons. The van der Waals surface area contributed by atoms with E-state index in [0.29, 0.717) is 30.5 Å². The topological polar surface area (TPSA) is 103 Å². The molecule has 0 aliphatic carbocycles. The zero-order chi connectivity index (χ0) is 15.6. The van der Waals surface area contributed by atoms with Gasteiger partial charge in [-0.05, 0) is 6.92 Å². The third-order valence-corrected chi connectivity index (χ3v) is 3.06. The fourth-order valence-corrected chi connectivity index (χ4v) is 1.78. The van der Waals surface area contributed by atoms with Gasteiger partial charge in [0.1, 0.15) is 17.5 Å². The monoisotopic (exact) mass is 290 g/mol. The van der Waals surface area contributed by atoms with Crippen molar-refractivity contribution in [1.29, 1.82) is 0 Å². The van der Waals surface area contributed by atoms with Crippen LogP contribution < -0.4 is 11.1 Å². The molecule has 0 saturated heterocycles. The lowest BCUT2D eigenvalue weighted by atomic mass is 9.95. The quantitative estimate of drug-likeness (QED) is 0.887. The van der Waals surface area contributed by atoms with Gasteiger partial charge in [-0.2, -0.15) is 4.98 Å². The Morgan fingerprint density at radius 2 is 1.86 bits per heavy atom. The van der Waals surface area contributed by atoms with E-state index in [1.54, 1.807) is 6.92 Å². The van der Waals surface area contributed by atoms with Gasteiger partial charge in [0.05, 0.1) is 0 Å². The van der Waals surface area contributed by atoms with Crippen LogP contribution in [0, 0.1) is 13.8 Å². The number of aromatic nitrogens is 4. The molecule has 3 N–H and O–H groups in total. The Hall–Kier alpha value is -2.18. The molecule has 0 saturated carbocycles. The second-order valence-corrected chi connectivity index (χ2v) is 6.06. The second-order valence-electron chi connectivity index (χ2n) is 6.06. The molecule has 2 aromatic rings. The molecule has 7 nitrogen and oxygen atoms in total. The number of rotatable bonds is 4. The molecule has 0 aliphatic rings. The molecule has 0 aliphatic heterocycles. The number of nitrogens with two attached hydrogens (primary N) is 1. The number of hydrogen-bond donors (Lipinski definition) is 2. The number of nitrogen functional groups attached to an aromatic ring is 1. The van der Waals surface area contributed by atoms with Crippen molar-refractivity contribution in [2.45, 2.75) is 46.5 Å². The van der Waals surface area contributed by atoms with Gasteiger partial charge < -0.3 is 15.6 Å². The summed E-state index contributed by atoms with van der Waals surface area (Å²) in [5.41, 5.74) is 6.68. The Morgan fingerprint density at radius 3 is 2.43 bits per heavy atom. The van der Waals surface area contributed by atoms with Crippen molar-refractivity contribution in [1.82, 2.24) is 20.1 Å². The van der Waals surface area contributed by atoms with E-state index in [0.717, 1.165) is 17.2 Å². The summed E-state index contributed by atoms with van der Waals surface area (Å²) < 4.78 is 4.94. The summed E-state index contributed by atoms with van der Waals surface area (Å²) in [4.78, 5) is 13.1. The SMILES string of the molecule is Cc1nc(CCNc2nc(C(C)(C)C)nc(N)c2C)no1. The molecule has 2 heterocycles. The molecule has 0 unspecified atom stereocenters.